The molecule has 14 heavy (non-hydrogen) atoms. The number of hydrogen-bond acceptors (Lipinski definition) is 2. The molecule has 0 spiro atoms. The maximum absolute atomic E-state index is 3.74. The quantitative estimate of drug-likeness (QED) is 0.708. The lowest BCUT2D eigenvalue weighted by molar-refractivity contribution is 0.557. The fourth-order valence-corrected chi connectivity index (χ4v) is 2.22. The number of aryl methyl sites for hydroxylation is 1. The summed E-state index contributed by atoms with van der Waals surface area (Å²) in [7, 11) is 0. The van der Waals surface area contributed by atoms with Gasteiger partial charge in [0.15, 0.2) is 0 Å². The highest BCUT2D eigenvalue weighted by molar-refractivity contribution is 7.11. The van der Waals surface area contributed by atoms with E-state index in [1.807, 2.05) is 17.4 Å². The van der Waals surface area contributed by atoms with E-state index < -0.39 is 0 Å². The van der Waals surface area contributed by atoms with Crippen LogP contribution in [0.1, 0.15) is 30.0 Å². The van der Waals surface area contributed by atoms with Crippen molar-refractivity contribution >= 4 is 11.3 Å². The lowest BCUT2D eigenvalue weighted by atomic mass is 10.2. The molecule has 0 radical (unpaired) electrons. The average Bonchev–Trinajstić information content (AvgIpc) is 2.63. The summed E-state index contributed by atoms with van der Waals surface area (Å²) in [5.74, 6) is 0. The maximum atomic E-state index is 3.74. The van der Waals surface area contributed by atoms with Crippen LogP contribution in [0, 0.1) is 0 Å². The molecule has 1 N–H and O–H groups in total. The molecule has 0 bridgehead atoms. The highest BCUT2D eigenvalue weighted by Crippen LogP contribution is 2.16. The SMILES string of the molecule is C=CCC(C)NCc1ccc(CC)s1. The predicted molar refractivity (Wildman–Crippen MR) is 64.8 cm³/mol. The number of hydrogen-bond donors (Lipinski definition) is 1. The third-order valence-electron chi connectivity index (χ3n) is 2.21. The summed E-state index contributed by atoms with van der Waals surface area (Å²) >= 11 is 1.90. The van der Waals surface area contributed by atoms with Gasteiger partial charge in [0, 0.05) is 22.3 Å². The second-order valence-electron chi connectivity index (χ2n) is 3.53. The molecule has 0 saturated carbocycles. The second-order valence-corrected chi connectivity index (χ2v) is 4.78. The largest absolute Gasteiger partial charge is 0.309 e. The molecule has 1 atom stereocenters. The third-order valence-corrected chi connectivity index (χ3v) is 3.44. The Bertz CT molecular complexity index is 278. The monoisotopic (exact) mass is 209 g/mol. The van der Waals surface area contributed by atoms with Crippen molar-refractivity contribution in [1.82, 2.24) is 5.32 Å². The Morgan fingerprint density at radius 3 is 2.79 bits per heavy atom. The number of nitrogens with one attached hydrogen (secondary N) is 1. The summed E-state index contributed by atoms with van der Waals surface area (Å²) in [6.07, 6.45) is 4.14. The van der Waals surface area contributed by atoms with Gasteiger partial charge >= 0.3 is 0 Å². The van der Waals surface area contributed by atoms with Gasteiger partial charge in [-0.05, 0) is 31.9 Å². The lowest BCUT2D eigenvalue weighted by Gasteiger charge is -2.09. The Kier molecular flexibility index (Phi) is 4.91. The molecule has 1 heterocycles. The van der Waals surface area contributed by atoms with Crippen LogP contribution in [0.4, 0.5) is 0 Å². The molecule has 0 aromatic carbocycles. The van der Waals surface area contributed by atoms with Crippen molar-refractivity contribution in [2.24, 2.45) is 0 Å². The molecule has 0 saturated heterocycles. The van der Waals surface area contributed by atoms with E-state index in [0.29, 0.717) is 6.04 Å². The van der Waals surface area contributed by atoms with Crippen LogP contribution in [0.2, 0.25) is 0 Å². The van der Waals surface area contributed by atoms with E-state index in [2.05, 4.69) is 37.9 Å². The van der Waals surface area contributed by atoms with Crippen LogP contribution in [0.5, 0.6) is 0 Å². The van der Waals surface area contributed by atoms with Gasteiger partial charge in [0.05, 0.1) is 0 Å². The van der Waals surface area contributed by atoms with Crippen LogP contribution in [0.25, 0.3) is 0 Å². The summed E-state index contributed by atoms with van der Waals surface area (Å²) < 4.78 is 0. The van der Waals surface area contributed by atoms with E-state index in [9.17, 15) is 0 Å². The Labute approximate surface area is 90.9 Å². The Morgan fingerprint density at radius 1 is 1.50 bits per heavy atom. The third kappa shape index (κ3) is 3.64. The zero-order valence-electron chi connectivity index (χ0n) is 9.05. The fourth-order valence-electron chi connectivity index (χ4n) is 1.32. The number of rotatable bonds is 6. The van der Waals surface area contributed by atoms with Crippen LogP contribution in [0.15, 0.2) is 24.8 Å². The van der Waals surface area contributed by atoms with E-state index in [1.165, 1.54) is 9.75 Å². The van der Waals surface area contributed by atoms with Crippen molar-refractivity contribution in [1.29, 1.82) is 0 Å². The van der Waals surface area contributed by atoms with Gasteiger partial charge in [0.2, 0.25) is 0 Å². The normalized spacial score (nSPS) is 12.7. The summed E-state index contributed by atoms with van der Waals surface area (Å²) in [6.45, 7) is 9.11. The molecule has 0 aliphatic heterocycles. The van der Waals surface area contributed by atoms with Crippen molar-refractivity contribution in [2.45, 2.75) is 39.3 Å². The molecule has 1 nitrogen and oxygen atoms in total. The van der Waals surface area contributed by atoms with E-state index in [-0.39, 0.29) is 0 Å². The molecule has 1 aromatic rings. The molecule has 0 aliphatic rings. The van der Waals surface area contributed by atoms with E-state index in [4.69, 9.17) is 0 Å². The summed E-state index contributed by atoms with van der Waals surface area (Å²) in [5, 5.41) is 3.48. The van der Waals surface area contributed by atoms with Crippen LogP contribution in [-0.2, 0) is 13.0 Å². The first-order valence-corrected chi connectivity index (χ1v) is 5.99. The molecule has 78 valence electrons. The smallest absolute Gasteiger partial charge is 0.0302 e. The minimum Gasteiger partial charge on any atom is -0.309 e. The predicted octanol–water partition coefficient (Wildman–Crippen LogP) is 3.36. The van der Waals surface area contributed by atoms with Crippen LogP contribution < -0.4 is 5.32 Å². The van der Waals surface area contributed by atoms with Crippen molar-refractivity contribution in [3.63, 3.8) is 0 Å². The minimum atomic E-state index is 0.527. The van der Waals surface area contributed by atoms with Crippen molar-refractivity contribution in [3.05, 3.63) is 34.5 Å². The highest BCUT2D eigenvalue weighted by atomic mass is 32.1. The molecule has 1 aromatic heterocycles. The Balaban J connectivity index is 2.33. The number of thiophene rings is 1. The van der Waals surface area contributed by atoms with Gasteiger partial charge in [0.25, 0.3) is 0 Å². The van der Waals surface area contributed by atoms with Gasteiger partial charge in [0.1, 0.15) is 0 Å². The molecular formula is C12H19NS. The lowest BCUT2D eigenvalue weighted by Crippen LogP contribution is -2.24. The topological polar surface area (TPSA) is 12.0 Å². The fraction of sp³-hybridized carbons (Fsp3) is 0.500. The Hall–Kier alpha value is -0.600. The summed E-state index contributed by atoms with van der Waals surface area (Å²) in [4.78, 5) is 2.90. The van der Waals surface area contributed by atoms with E-state index in [1.54, 1.807) is 0 Å². The van der Waals surface area contributed by atoms with Gasteiger partial charge in [-0.25, -0.2) is 0 Å². The summed E-state index contributed by atoms with van der Waals surface area (Å²) in [6, 6.07) is 4.97. The molecule has 1 rings (SSSR count). The first-order chi connectivity index (χ1) is 6.76. The maximum Gasteiger partial charge on any atom is 0.0302 e. The molecule has 0 aliphatic carbocycles. The molecule has 0 fully saturated rings. The van der Waals surface area contributed by atoms with E-state index in [0.717, 1.165) is 19.4 Å². The van der Waals surface area contributed by atoms with Gasteiger partial charge in [-0.2, -0.15) is 0 Å². The van der Waals surface area contributed by atoms with Gasteiger partial charge in [-0.1, -0.05) is 13.0 Å². The molecular weight excluding hydrogens is 190 g/mol. The second kappa shape index (κ2) is 5.99. The average molecular weight is 209 g/mol. The van der Waals surface area contributed by atoms with Crippen molar-refractivity contribution in [2.75, 3.05) is 0 Å². The molecule has 1 unspecified atom stereocenters. The van der Waals surface area contributed by atoms with Gasteiger partial charge < -0.3 is 5.32 Å². The first kappa shape index (κ1) is 11.5. The molecule has 2 heteroatoms. The van der Waals surface area contributed by atoms with Gasteiger partial charge in [-0.3, -0.25) is 0 Å². The molecule has 0 amide bonds. The van der Waals surface area contributed by atoms with Crippen molar-refractivity contribution in [3.8, 4) is 0 Å². The highest BCUT2D eigenvalue weighted by Gasteiger charge is 2.01. The van der Waals surface area contributed by atoms with E-state index >= 15 is 0 Å². The van der Waals surface area contributed by atoms with Gasteiger partial charge in [-0.15, -0.1) is 17.9 Å². The van der Waals surface area contributed by atoms with Crippen LogP contribution in [-0.4, -0.2) is 6.04 Å². The minimum absolute atomic E-state index is 0.527. The Morgan fingerprint density at radius 2 is 2.21 bits per heavy atom. The zero-order valence-corrected chi connectivity index (χ0v) is 9.86. The standard InChI is InChI=1S/C12H19NS/c1-4-6-10(3)13-9-12-8-7-11(5-2)14-12/h4,7-8,10,13H,1,5-6,9H2,2-3H3. The first-order valence-electron chi connectivity index (χ1n) is 5.18. The zero-order chi connectivity index (χ0) is 10.4. The van der Waals surface area contributed by atoms with Crippen LogP contribution in [0.3, 0.4) is 0 Å². The van der Waals surface area contributed by atoms with Crippen LogP contribution >= 0.6 is 11.3 Å². The van der Waals surface area contributed by atoms with Crippen molar-refractivity contribution < 1.29 is 0 Å². The summed E-state index contributed by atoms with van der Waals surface area (Å²) in [5.41, 5.74) is 0.